The van der Waals surface area contributed by atoms with Crippen LogP contribution in [0.4, 0.5) is 0 Å². The van der Waals surface area contributed by atoms with Gasteiger partial charge in [0.05, 0.1) is 11.6 Å². The van der Waals surface area contributed by atoms with Crippen LogP contribution in [-0.4, -0.2) is 19.7 Å². The van der Waals surface area contributed by atoms with Crippen LogP contribution >= 0.6 is 0 Å². The molecule has 0 spiro atoms. The Balaban J connectivity index is 0.00000128. The van der Waals surface area contributed by atoms with Crippen molar-refractivity contribution in [3.05, 3.63) is 36.5 Å². The summed E-state index contributed by atoms with van der Waals surface area (Å²) in [6.45, 7) is 4.22. The van der Waals surface area contributed by atoms with Gasteiger partial charge in [0.1, 0.15) is 0 Å². The van der Waals surface area contributed by atoms with Crippen molar-refractivity contribution >= 4 is 0 Å². The van der Waals surface area contributed by atoms with Gasteiger partial charge >= 0.3 is 18.9 Å². The Hall–Kier alpha value is -1.11. The van der Waals surface area contributed by atoms with E-state index in [1.807, 2.05) is 18.2 Å². The van der Waals surface area contributed by atoms with E-state index in [9.17, 15) is 0 Å². The SMILES string of the molecule is CCC(C)c1n[c-]n(-c2ccccn2)n1.[Li+]. The monoisotopic (exact) mass is 208 g/mol. The molecule has 0 fully saturated rings. The molecular formula is C11H13LiN4. The van der Waals surface area contributed by atoms with Crippen LogP contribution in [0.25, 0.3) is 5.82 Å². The van der Waals surface area contributed by atoms with Crippen molar-refractivity contribution in [2.24, 2.45) is 0 Å². The molecule has 0 aliphatic heterocycles. The normalized spacial score (nSPS) is 11.9. The zero-order chi connectivity index (χ0) is 10.7. The Bertz CT molecular complexity index is 427. The molecule has 1 atom stereocenters. The van der Waals surface area contributed by atoms with Crippen molar-refractivity contribution in [1.29, 1.82) is 0 Å². The molecule has 78 valence electrons. The predicted octanol–water partition coefficient (Wildman–Crippen LogP) is -1.02. The third kappa shape index (κ3) is 2.72. The molecule has 0 saturated heterocycles. The van der Waals surface area contributed by atoms with Gasteiger partial charge in [0.2, 0.25) is 0 Å². The fourth-order valence-corrected chi connectivity index (χ4v) is 1.22. The van der Waals surface area contributed by atoms with Crippen LogP contribution in [0.2, 0.25) is 0 Å². The third-order valence-corrected chi connectivity index (χ3v) is 2.38. The van der Waals surface area contributed by atoms with E-state index >= 15 is 0 Å². The van der Waals surface area contributed by atoms with E-state index in [1.165, 1.54) is 0 Å². The van der Waals surface area contributed by atoms with Gasteiger partial charge in [0, 0.05) is 12.5 Å². The summed E-state index contributed by atoms with van der Waals surface area (Å²) in [5.41, 5.74) is 0. The zero-order valence-electron chi connectivity index (χ0n) is 9.88. The van der Waals surface area contributed by atoms with Gasteiger partial charge in [-0.3, -0.25) is 0 Å². The summed E-state index contributed by atoms with van der Waals surface area (Å²) in [6.07, 6.45) is 5.59. The third-order valence-electron chi connectivity index (χ3n) is 2.38. The molecule has 1 unspecified atom stereocenters. The molecule has 16 heavy (non-hydrogen) atoms. The molecule has 2 heterocycles. The van der Waals surface area contributed by atoms with Crippen LogP contribution in [0.3, 0.4) is 0 Å². The van der Waals surface area contributed by atoms with E-state index < -0.39 is 0 Å². The minimum atomic E-state index is 0. The van der Waals surface area contributed by atoms with E-state index in [0.717, 1.165) is 18.1 Å². The summed E-state index contributed by atoms with van der Waals surface area (Å²) in [6, 6.07) is 5.67. The Kier molecular flexibility index (Phi) is 4.72. The number of rotatable bonds is 3. The predicted molar refractivity (Wildman–Crippen MR) is 56.7 cm³/mol. The van der Waals surface area contributed by atoms with Gasteiger partial charge in [-0.05, 0) is 12.0 Å². The minimum absolute atomic E-state index is 0. The van der Waals surface area contributed by atoms with Gasteiger partial charge in [-0.2, -0.15) is 0 Å². The summed E-state index contributed by atoms with van der Waals surface area (Å²) in [5.74, 6) is 1.94. The molecule has 0 bridgehead atoms. The molecule has 0 aliphatic rings. The average molecular weight is 208 g/mol. The van der Waals surface area contributed by atoms with Gasteiger partial charge in [0.15, 0.2) is 0 Å². The zero-order valence-corrected chi connectivity index (χ0v) is 9.88. The molecule has 2 aromatic rings. The molecule has 0 saturated carbocycles. The fraction of sp³-hybridized carbons (Fsp3) is 0.364. The first-order valence-corrected chi connectivity index (χ1v) is 5.07. The quantitative estimate of drug-likeness (QED) is 0.479. The summed E-state index contributed by atoms with van der Waals surface area (Å²) >= 11 is 0. The standard InChI is InChI=1S/C11H13N4.Li/c1-3-9(2)11-13-8-15(14-11)10-6-4-5-7-12-10;/h4-7,9H,3H2,1-2H3;/q-1;+1. The van der Waals surface area contributed by atoms with Crippen molar-refractivity contribution in [2.45, 2.75) is 26.2 Å². The topological polar surface area (TPSA) is 43.6 Å². The number of hydrogen-bond acceptors (Lipinski definition) is 3. The second-order valence-corrected chi connectivity index (χ2v) is 3.48. The van der Waals surface area contributed by atoms with E-state index in [1.54, 1.807) is 10.9 Å². The smallest absolute Gasteiger partial charge is 0.350 e. The van der Waals surface area contributed by atoms with E-state index in [0.29, 0.717) is 5.92 Å². The van der Waals surface area contributed by atoms with Crippen LogP contribution in [-0.2, 0) is 0 Å². The molecule has 4 nitrogen and oxygen atoms in total. The van der Waals surface area contributed by atoms with Gasteiger partial charge in [-0.1, -0.05) is 32.4 Å². The van der Waals surface area contributed by atoms with Gasteiger partial charge in [0.25, 0.3) is 0 Å². The summed E-state index contributed by atoms with van der Waals surface area (Å²) in [7, 11) is 0. The molecule has 0 aliphatic carbocycles. The molecule has 0 aromatic carbocycles. The number of hydrogen-bond donors (Lipinski definition) is 0. The van der Waals surface area contributed by atoms with E-state index in [4.69, 9.17) is 0 Å². The Morgan fingerprint density at radius 3 is 2.88 bits per heavy atom. The Labute approximate surface area is 107 Å². The summed E-state index contributed by atoms with van der Waals surface area (Å²) in [4.78, 5) is 8.33. The maximum atomic E-state index is 4.34. The number of nitrogens with zero attached hydrogens (tertiary/aromatic N) is 4. The van der Waals surface area contributed by atoms with Crippen LogP contribution in [0, 0.1) is 6.33 Å². The largest absolute Gasteiger partial charge is 1.00 e. The van der Waals surface area contributed by atoms with Crippen molar-refractivity contribution in [3.8, 4) is 5.82 Å². The van der Waals surface area contributed by atoms with E-state index in [-0.39, 0.29) is 18.9 Å². The van der Waals surface area contributed by atoms with E-state index in [2.05, 4.69) is 35.2 Å². The second kappa shape index (κ2) is 5.83. The maximum absolute atomic E-state index is 4.34. The molecule has 0 N–H and O–H groups in total. The van der Waals surface area contributed by atoms with Crippen molar-refractivity contribution in [1.82, 2.24) is 19.7 Å². The van der Waals surface area contributed by atoms with Crippen molar-refractivity contribution < 1.29 is 18.9 Å². The molecule has 0 amide bonds. The Morgan fingerprint density at radius 1 is 1.44 bits per heavy atom. The average Bonchev–Trinajstić information content (AvgIpc) is 2.78. The van der Waals surface area contributed by atoms with Crippen molar-refractivity contribution in [2.75, 3.05) is 0 Å². The summed E-state index contributed by atoms with van der Waals surface area (Å²) in [5, 5.41) is 4.34. The number of aromatic nitrogens is 4. The van der Waals surface area contributed by atoms with Crippen molar-refractivity contribution in [3.63, 3.8) is 0 Å². The van der Waals surface area contributed by atoms with Gasteiger partial charge in [-0.25, -0.2) is 5.10 Å². The second-order valence-electron chi connectivity index (χ2n) is 3.48. The number of pyridine rings is 1. The van der Waals surface area contributed by atoms with Crippen LogP contribution in [0.5, 0.6) is 0 Å². The first kappa shape index (κ1) is 13.0. The van der Waals surface area contributed by atoms with Crippen LogP contribution < -0.4 is 18.9 Å². The molecule has 0 radical (unpaired) electrons. The Morgan fingerprint density at radius 2 is 2.25 bits per heavy atom. The minimum Gasteiger partial charge on any atom is -0.350 e. The molecular weight excluding hydrogens is 195 g/mol. The summed E-state index contributed by atoms with van der Waals surface area (Å²) < 4.78 is 1.58. The van der Waals surface area contributed by atoms with Gasteiger partial charge < -0.3 is 14.6 Å². The molecule has 5 heteroatoms. The first-order valence-electron chi connectivity index (χ1n) is 5.07. The van der Waals surface area contributed by atoms with Gasteiger partial charge in [-0.15, -0.1) is 0 Å². The van der Waals surface area contributed by atoms with Crippen LogP contribution in [0.15, 0.2) is 24.4 Å². The maximum Gasteiger partial charge on any atom is 1.00 e. The first-order chi connectivity index (χ1) is 7.31. The fourth-order valence-electron chi connectivity index (χ4n) is 1.22. The molecule has 2 rings (SSSR count). The van der Waals surface area contributed by atoms with Crippen LogP contribution in [0.1, 0.15) is 32.0 Å². The molecule has 2 aromatic heterocycles.